The summed E-state index contributed by atoms with van der Waals surface area (Å²) in [5.74, 6) is 1.18. The third kappa shape index (κ3) is 5.88. The number of carbonyl (C=O) groups is 1. The summed E-state index contributed by atoms with van der Waals surface area (Å²) < 4.78 is 34.2. The van der Waals surface area contributed by atoms with E-state index in [2.05, 4.69) is 0 Å². The van der Waals surface area contributed by atoms with E-state index in [4.69, 9.17) is 19.6 Å². The molecule has 1 aliphatic carbocycles. The number of nitrogens with zero attached hydrogens (tertiary/aromatic N) is 2. The van der Waals surface area contributed by atoms with Gasteiger partial charge in [-0.25, -0.2) is 18.5 Å². The number of carbonyl (C=O) groups excluding carboxylic acids is 1. The van der Waals surface area contributed by atoms with E-state index in [1.165, 1.54) is 30.3 Å². The molecule has 10 heteroatoms. The molecule has 2 fully saturated rings. The highest BCUT2D eigenvalue weighted by Crippen LogP contribution is 2.39. The summed E-state index contributed by atoms with van der Waals surface area (Å²) >= 11 is 1.32. The number of sulfonamides is 1. The maximum absolute atomic E-state index is 13.5. The number of amidine groups is 1. The lowest BCUT2D eigenvalue weighted by Gasteiger charge is -2.30. The first-order valence-electron chi connectivity index (χ1n) is 11.6. The molecule has 1 heterocycles. The molecule has 0 unspecified atom stereocenters. The van der Waals surface area contributed by atoms with Crippen molar-refractivity contribution in [1.82, 2.24) is 4.90 Å². The highest BCUT2D eigenvalue weighted by Gasteiger charge is 2.38. The van der Waals surface area contributed by atoms with Crippen LogP contribution in [0.1, 0.15) is 44.6 Å². The molecule has 1 aliphatic heterocycles. The minimum absolute atomic E-state index is 0.0192. The quantitative estimate of drug-likeness (QED) is 0.536. The zero-order valence-electron chi connectivity index (χ0n) is 19.8. The standard InChI is InChI=1S/C25H29N3O5S2/c1-3-33-21-14-9-17(15-22(21)32-2)16-23-24(29)28(19-7-5-4-6-8-19)25(34-23)27-18-10-12-20(13-11-18)35(26,30)31/h9-16,19H,3-8H2,1-2H3,(H2,26,30,31)/b23-16-,27-25?. The van der Waals surface area contributed by atoms with E-state index in [0.717, 1.165) is 31.2 Å². The Balaban J connectivity index is 1.68. The van der Waals surface area contributed by atoms with Gasteiger partial charge in [0.25, 0.3) is 5.91 Å². The number of ether oxygens (including phenoxy) is 2. The number of primary sulfonamides is 1. The fourth-order valence-corrected chi connectivity index (χ4v) is 5.82. The second-order valence-corrected chi connectivity index (χ2v) is 10.9. The van der Waals surface area contributed by atoms with Gasteiger partial charge < -0.3 is 9.47 Å². The summed E-state index contributed by atoms with van der Waals surface area (Å²) in [7, 11) is -2.20. The van der Waals surface area contributed by atoms with Gasteiger partial charge in [-0.2, -0.15) is 0 Å². The highest BCUT2D eigenvalue weighted by atomic mass is 32.2. The topological polar surface area (TPSA) is 111 Å². The largest absolute Gasteiger partial charge is 0.493 e. The van der Waals surface area contributed by atoms with Crippen LogP contribution in [-0.4, -0.2) is 44.2 Å². The minimum atomic E-state index is -3.79. The van der Waals surface area contributed by atoms with Crippen molar-refractivity contribution in [3.8, 4) is 11.5 Å². The Hall–Kier alpha value is -2.82. The number of rotatable bonds is 7. The second kappa shape index (κ2) is 10.8. The smallest absolute Gasteiger partial charge is 0.267 e. The zero-order chi connectivity index (χ0) is 25.0. The maximum Gasteiger partial charge on any atom is 0.267 e. The molecule has 35 heavy (non-hydrogen) atoms. The number of methoxy groups -OCH3 is 1. The summed E-state index contributed by atoms with van der Waals surface area (Å²) in [6.45, 7) is 2.44. The normalized spacial score (nSPS) is 19.5. The molecule has 1 saturated heterocycles. The number of thioether (sulfide) groups is 1. The van der Waals surface area contributed by atoms with E-state index >= 15 is 0 Å². The molecule has 2 N–H and O–H groups in total. The molecule has 2 aromatic carbocycles. The number of benzene rings is 2. The molecule has 1 amide bonds. The lowest BCUT2D eigenvalue weighted by Crippen LogP contribution is -2.40. The zero-order valence-corrected chi connectivity index (χ0v) is 21.4. The molecule has 1 saturated carbocycles. The van der Waals surface area contributed by atoms with Crippen LogP contribution in [0.5, 0.6) is 11.5 Å². The Morgan fingerprint density at radius 2 is 1.83 bits per heavy atom. The third-order valence-corrected chi connectivity index (χ3v) is 7.86. The van der Waals surface area contributed by atoms with Crippen LogP contribution in [0.25, 0.3) is 6.08 Å². The first-order chi connectivity index (χ1) is 16.8. The van der Waals surface area contributed by atoms with Crippen LogP contribution in [0.4, 0.5) is 5.69 Å². The molecule has 0 spiro atoms. The van der Waals surface area contributed by atoms with Gasteiger partial charge in [0, 0.05) is 6.04 Å². The van der Waals surface area contributed by atoms with Gasteiger partial charge in [-0.1, -0.05) is 25.3 Å². The second-order valence-electron chi connectivity index (χ2n) is 8.35. The van der Waals surface area contributed by atoms with Gasteiger partial charge in [0.05, 0.1) is 29.2 Å². The van der Waals surface area contributed by atoms with Crippen LogP contribution in [0.2, 0.25) is 0 Å². The molecule has 186 valence electrons. The monoisotopic (exact) mass is 515 g/mol. The van der Waals surface area contributed by atoms with Gasteiger partial charge in [0.15, 0.2) is 16.7 Å². The summed E-state index contributed by atoms with van der Waals surface area (Å²) in [6.07, 6.45) is 7.02. The summed E-state index contributed by atoms with van der Waals surface area (Å²) in [4.78, 5) is 20.6. The van der Waals surface area contributed by atoms with Crippen LogP contribution >= 0.6 is 11.8 Å². The van der Waals surface area contributed by atoms with Gasteiger partial charge >= 0.3 is 0 Å². The summed E-state index contributed by atoms with van der Waals surface area (Å²) in [6, 6.07) is 11.7. The van der Waals surface area contributed by atoms with Crippen molar-refractivity contribution >= 4 is 44.6 Å². The van der Waals surface area contributed by atoms with Gasteiger partial charge in [0.1, 0.15) is 0 Å². The number of amides is 1. The van der Waals surface area contributed by atoms with Crippen LogP contribution < -0.4 is 14.6 Å². The Bertz CT molecular complexity index is 1250. The van der Waals surface area contributed by atoms with Crippen molar-refractivity contribution in [2.24, 2.45) is 10.1 Å². The van der Waals surface area contributed by atoms with Crippen molar-refractivity contribution in [3.05, 3.63) is 52.9 Å². The highest BCUT2D eigenvalue weighted by molar-refractivity contribution is 8.18. The molecule has 0 atom stereocenters. The van der Waals surface area contributed by atoms with Crippen LogP contribution in [-0.2, 0) is 14.8 Å². The van der Waals surface area contributed by atoms with Crippen molar-refractivity contribution in [2.45, 2.75) is 50.0 Å². The molecular formula is C25H29N3O5S2. The van der Waals surface area contributed by atoms with Gasteiger partial charge in [-0.05, 0) is 79.6 Å². The molecule has 0 bridgehead atoms. The minimum Gasteiger partial charge on any atom is -0.493 e. The van der Waals surface area contributed by atoms with Crippen molar-refractivity contribution in [1.29, 1.82) is 0 Å². The van der Waals surface area contributed by atoms with Crippen LogP contribution in [0, 0.1) is 0 Å². The van der Waals surface area contributed by atoms with E-state index in [0.29, 0.717) is 33.9 Å². The van der Waals surface area contributed by atoms with Gasteiger partial charge in [0.2, 0.25) is 10.0 Å². The average Bonchev–Trinajstić information content (AvgIpc) is 3.14. The molecule has 2 aliphatic rings. The predicted octanol–water partition coefficient (Wildman–Crippen LogP) is 4.68. The van der Waals surface area contributed by atoms with Crippen molar-refractivity contribution in [2.75, 3.05) is 13.7 Å². The molecule has 0 radical (unpaired) electrons. The first-order valence-corrected chi connectivity index (χ1v) is 13.9. The number of nitrogens with two attached hydrogens (primary N) is 1. The lowest BCUT2D eigenvalue weighted by molar-refractivity contribution is -0.124. The SMILES string of the molecule is CCOc1ccc(/C=C2\SC(=Nc3ccc(S(N)(=O)=O)cc3)N(C3CCCCC3)C2=O)cc1OC. The number of hydrogen-bond acceptors (Lipinski definition) is 7. The maximum atomic E-state index is 13.5. The molecule has 2 aromatic rings. The van der Waals surface area contributed by atoms with Crippen molar-refractivity contribution in [3.63, 3.8) is 0 Å². The first kappa shape index (κ1) is 25.3. The third-order valence-electron chi connectivity index (χ3n) is 5.95. The van der Waals surface area contributed by atoms with E-state index in [-0.39, 0.29) is 16.8 Å². The van der Waals surface area contributed by atoms with E-state index < -0.39 is 10.0 Å². The van der Waals surface area contributed by atoms with E-state index in [1.807, 2.05) is 31.2 Å². The number of hydrogen-bond donors (Lipinski definition) is 1. The molecule has 0 aromatic heterocycles. The Morgan fingerprint density at radius 1 is 1.11 bits per heavy atom. The van der Waals surface area contributed by atoms with Crippen LogP contribution in [0.15, 0.2) is 57.3 Å². The van der Waals surface area contributed by atoms with Gasteiger partial charge in [-0.3, -0.25) is 9.69 Å². The summed E-state index contributed by atoms with van der Waals surface area (Å²) in [5, 5.41) is 5.79. The Morgan fingerprint density at radius 3 is 2.46 bits per heavy atom. The lowest BCUT2D eigenvalue weighted by atomic mass is 9.94. The Labute approximate surface area is 210 Å². The average molecular weight is 516 g/mol. The van der Waals surface area contributed by atoms with Crippen LogP contribution in [0.3, 0.4) is 0 Å². The molecule has 8 nitrogen and oxygen atoms in total. The fourth-order valence-electron chi connectivity index (χ4n) is 4.25. The van der Waals surface area contributed by atoms with Gasteiger partial charge in [-0.15, -0.1) is 0 Å². The Kier molecular flexibility index (Phi) is 7.83. The predicted molar refractivity (Wildman–Crippen MR) is 138 cm³/mol. The fraction of sp³-hybridized carbons (Fsp3) is 0.360. The van der Waals surface area contributed by atoms with Crippen molar-refractivity contribution < 1.29 is 22.7 Å². The van der Waals surface area contributed by atoms with E-state index in [9.17, 15) is 13.2 Å². The number of aliphatic imine (C=N–C) groups is 1. The van der Waals surface area contributed by atoms with E-state index in [1.54, 1.807) is 24.1 Å². The molecule has 4 rings (SSSR count). The molecular weight excluding hydrogens is 486 g/mol. The summed E-state index contributed by atoms with van der Waals surface area (Å²) in [5.41, 5.74) is 1.38.